The van der Waals surface area contributed by atoms with Gasteiger partial charge in [0.1, 0.15) is 0 Å². The monoisotopic (exact) mass is 345 g/mol. The summed E-state index contributed by atoms with van der Waals surface area (Å²) in [6, 6.07) is 4.16. The Morgan fingerprint density at radius 2 is 2.19 bits per heavy atom. The van der Waals surface area contributed by atoms with Crippen molar-refractivity contribution in [3.05, 3.63) is 34.1 Å². The van der Waals surface area contributed by atoms with Crippen molar-refractivity contribution in [3.63, 3.8) is 0 Å². The lowest BCUT2D eigenvalue weighted by Crippen LogP contribution is -2.42. The lowest BCUT2D eigenvalue weighted by Gasteiger charge is -2.34. The van der Waals surface area contributed by atoms with Gasteiger partial charge in [-0.25, -0.2) is 9.97 Å². The van der Waals surface area contributed by atoms with Crippen LogP contribution in [0, 0.1) is 5.92 Å². The fourth-order valence-corrected chi connectivity index (χ4v) is 3.45. The first-order chi connectivity index (χ1) is 10.2. The first-order valence-electron chi connectivity index (χ1n) is 7.43. The second-order valence-electron chi connectivity index (χ2n) is 5.93. The third-order valence-corrected chi connectivity index (χ3v) is 4.98. The summed E-state index contributed by atoms with van der Waals surface area (Å²) in [6.07, 6.45) is 5.94. The SMILES string of the molecule is O=C(C1CCC1)N1CCc2nc3ncc(Br)cc3cc2C1. The van der Waals surface area contributed by atoms with Crippen molar-refractivity contribution in [2.45, 2.75) is 32.2 Å². The number of pyridine rings is 2. The summed E-state index contributed by atoms with van der Waals surface area (Å²) in [6.45, 7) is 1.48. The minimum atomic E-state index is 0.274. The van der Waals surface area contributed by atoms with Crippen LogP contribution in [0.3, 0.4) is 0 Å². The van der Waals surface area contributed by atoms with Crippen LogP contribution in [0.5, 0.6) is 0 Å². The van der Waals surface area contributed by atoms with Crippen molar-refractivity contribution in [1.82, 2.24) is 14.9 Å². The van der Waals surface area contributed by atoms with E-state index in [1.165, 1.54) is 12.0 Å². The third kappa shape index (κ3) is 2.33. The number of amides is 1. The maximum atomic E-state index is 12.4. The second kappa shape index (κ2) is 5.05. The number of nitrogens with zero attached hydrogens (tertiary/aromatic N) is 3. The van der Waals surface area contributed by atoms with Crippen LogP contribution in [0.15, 0.2) is 22.8 Å². The van der Waals surface area contributed by atoms with Gasteiger partial charge in [-0.1, -0.05) is 6.42 Å². The Balaban J connectivity index is 1.66. The van der Waals surface area contributed by atoms with E-state index in [-0.39, 0.29) is 5.92 Å². The zero-order valence-electron chi connectivity index (χ0n) is 11.7. The van der Waals surface area contributed by atoms with Gasteiger partial charge < -0.3 is 4.90 Å². The van der Waals surface area contributed by atoms with Crippen LogP contribution >= 0.6 is 15.9 Å². The standard InChI is InChI=1S/C16H16BrN3O/c17-13-7-11-6-12-9-20(16(21)10-2-1-3-10)5-4-14(12)19-15(11)18-8-13/h6-8,10H,1-5,9H2. The number of halogens is 1. The van der Waals surface area contributed by atoms with E-state index in [0.29, 0.717) is 12.5 Å². The van der Waals surface area contributed by atoms with Crippen molar-refractivity contribution in [3.8, 4) is 0 Å². The molecule has 21 heavy (non-hydrogen) atoms. The van der Waals surface area contributed by atoms with Gasteiger partial charge in [0.15, 0.2) is 5.65 Å². The van der Waals surface area contributed by atoms with Crippen LogP contribution in [-0.2, 0) is 17.8 Å². The zero-order chi connectivity index (χ0) is 14.4. The van der Waals surface area contributed by atoms with Crippen LogP contribution in [-0.4, -0.2) is 27.3 Å². The van der Waals surface area contributed by atoms with Gasteiger partial charge in [0.2, 0.25) is 5.91 Å². The van der Waals surface area contributed by atoms with Gasteiger partial charge in [-0.2, -0.15) is 0 Å². The highest BCUT2D eigenvalue weighted by atomic mass is 79.9. The third-order valence-electron chi connectivity index (χ3n) is 4.55. The molecule has 0 N–H and O–H groups in total. The Labute approximate surface area is 131 Å². The summed E-state index contributed by atoms with van der Waals surface area (Å²) in [5.41, 5.74) is 3.05. The van der Waals surface area contributed by atoms with Crippen LogP contribution < -0.4 is 0 Å². The Bertz CT molecular complexity index is 727. The number of carbonyl (C=O) groups excluding carboxylic acids is 1. The second-order valence-corrected chi connectivity index (χ2v) is 6.85. The van der Waals surface area contributed by atoms with Gasteiger partial charge in [-0.15, -0.1) is 0 Å². The molecule has 0 saturated heterocycles. The quantitative estimate of drug-likeness (QED) is 0.797. The number of carbonyl (C=O) groups is 1. The molecule has 0 spiro atoms. The van der Waals surface area contributed by atoms with Crippen LogP contribution in [0.25, 0.3) is 11.0 Å². The largest absolute Gasteiger partial charge is 0.338 e. The Morgan fingerprint density at radius 1 is 1.33 bits per heavy atom. The van der Waals surface area contributed by atoms with Gasteiger partial charge in [-0.3, -0.25) is 4.79 Å². The molecule has 4 rings (SSSR count). The van der Waals surface area contributed by atoms with E-state index < -0.39 is 0 Å². The number of rotatable bonds is 1. The van der Waals surface area contributed by atoms with Gasteiger partial charge in [-0.05, 0) is 46.5 Å². The lowest BCUT2D eigenvalue weighted by atomic mass is 9.84. The highest BCUT2D eigenvalue weighted by molar-refractivity contribution is 9.10. The molecule has 1 amide bonds. The van der Waals surface area contributed by atoms with Crippen LogP contribution in [0.2, 0.25) is 0 Å². The topological polar surface area (TPSA) is 46.1 Å². The first kappa shape index (κ1) is 13.2. The molecule has 3 heterocycles. The summed E-state index contributed by atoms with van der Waals surface area (Å²) in [4.78, 5) is 23.4. The van der Waals surface area contributed by atoms with Gasteiger partial charge >= 0.3 is 0 Å². The van der Waals surface area contributed by atoms with E-state index in [1.807, 2.05) is 11.0 Å². The van der Waals surface area contributed by atoms with Crippen molar-refractivity contribution in [2.24, 2.45) is 5.92 Å². The molecule has 1 aliphatic heterocycles. The molecule has 1 saturated carbocycles. The molecule has 1 fully saturated rings. The average molecular weight is 346 g/mol. The van der Waals surface area contributed by atoms with Crippen LogP contribution in [0.4, 0.5) is 0 Å². The van der Waals surface area contributed by atoms with Gasteiger partial charge in [0.25, 0.3) is 0 Å². The van der Waals surface area contributed by atoms with Crippen molar-refractivity contribution < 1.29 is 4.79 Å². The average Bonchev–Trinajstić information content (AvgIpc) is 2.42. The number of aromatic nitrogens is 2. The first-order valence-corrected chi connectivity index (χ1v) is 8.23. The van der Waals surface area contributed by atoms with E-state index in [0.717, 1.165) is 47.0 Å². The van der Waals surface area contributed by atoms with E-state index in [1.54, 1.807) is 6.20 Å². The molecule has 0 aromatic carbocycles. The van der Waals surface area contributed by atoms with E-state index in [4.69, 9.17) is 0 Å². The summed E-state index contributed by atoms with van der Waals surface area (Å²) in [7, 11) is 0. The molecule has 2 aliphatic rings. The Morgan fingerprint density at radius 3 is 2.95 bits per heavy atom. The summed E-state index contributed by atoms with van der Waals surface area (Å²) in [5.74, 6) is 0.607. The van der Waals surface area contributed by atoms with Gasteiger partial charge in [0.05, 0.1) is 0 Å². The van der Waals surface area contributed by atoms with Gasteiger partial charge in [0, 0.05) is 47.2 Å². The molecule has 0 bridgehead atoms. The minimum Gasteiger partial charge on any atom is -0.338 e. The molecule has 108 valence electrons. The smallest absolute Gasteiger partial charge is 0.225 e. The number of hydrogen-bond donors (Lipinski definition) is 0. The maximum absolute atomic E-state index is 12.4. The summed E-state index contributed by atoms with van der Waals surface area (Å²) >= 11 is 3.44. The van der Waals surface area contributed by atoms with Crippen LogP contribution in [0.1, 0.15) is 30.5 Å². The molecule has 0 unspecified atom stereocenters. The Kier molecular flexibility index (Phi) is 3.17. The normalized spacial score (nSPS) is 18.4. The minimum absolute atomic E-state index is 0.274. The highest BCUT2D eigenvalue weighted by Gasteiger charge is 2.31. The fourth-order valence-electron chi connectivity index (χ4n) is 3.10. The molecular formula is C16H16BrN3O. The Hall–Kier alpha value is -1.49. The molecule has 5 heteroatoms. The molecule has 1 aliphatic carbocycles. The summed E-state index contributed by atoms with van der Waals surface area (Å²) in [5, 5.41) is 1.03. The number of hydrogen-bond acceptors (Lipinski definition) is 3. The highest BCUT2D eigenvalue weighted by Crippen LogP contribution is 2.30. The maximum Gasteiger partial charge on any atom is 0.225 e. The van der Waals surface area contributed by atoms with E-state index in [9.17, 15) is 4.79 Å². The molecule has 2 aromatic rings. The lowest BCUT2D eigenvalue weighted by molar-refractivity contribution is -0.139. The van der Waals surface area contributed by atoms with Crippen molar-refractivity contribution in [2.75, 3.05) is 6.54 Å². The molecule has 4 nitrogen and oxygen atoms in total. The van der Waals surface area contributed by atoms with E-state index >= 15 is 0 Å². The van der Waals surface area contributed by atoms with E-state index in [2.05, 4.69) is 32.0 Å². The number of fused-ring (bicyclic) bond motifs is 2. The predicted molar refractivity (Wildman–Crippen MR) is 83.7 cm³/mol. The molecule has 2 aromatic heterocycles. The molecule has 0 atom stereocenters. The predicted octanol–water partition coefficient (Wildman–Crippen LogP) is 3.08. The fraction of sp³-hybridized carbons (Fsp3) is 0.438. The zero-order valence-corrected chi connectivity index (χ0v) is 13.3. The molecular weight excluding hydrogens is 330 g/mol. The summed E-state index contributed by atoms with van der Waals surface area (Å²) < 4.78 is 0.954. The van der Waals surface area contributed by atoms with Crippen molar-refractivity contribution >= 4 is 32.9 Å². The molecule has 0 radical (unpaired) electrons. The van der Waals surface area contributed by atoms with Crippen molar-refractivity contribution in [1.29, 1.82) is 0 Å².